The van der Waals surface area contributed by atoms with Crippen molar-refractivity contribution in [1.82, 2.24) is 4.98 Å². The highest BCUT2D eigenvalue weighted by atomic mass is 16.3. The molecule has 1 spiro atoms. The lowest BCUT2D eigenvalue weighted by molar-refractivity contribution is 0.540. The van der Waals surface area contributed by atoms with Gasteiger partial charge in [-0.15, -0.1) is 0 Å². The van der Waals surface area contributed by atoms with Crippen molar-refractivity contribution in [2.24, 2.45) is 0 Å². The molecule has 0 amide bonds. The van der Waals surface area contributed by atoms with Crippen LogP contribution in [0.3, 0.4) is 0 Å². The largest absolute Gasteiger partial charge is 0.455 e. The van der Waals surface area contributed by atoms with E-state index in [9.17, 15) is 0 Å². The van der Waals surface area contributed by atoms with Gasteiger partial charge in [-0.25, -0.2) is 0 Å². The van der Waals surface area contributed by atoms with E-state index in [2.05, 4.69) is 66.5 Å². The maximum atomic E-state index is 6.84. The van der Waals surface area contributed by atoms with Crippen LogP contribution in [0.25, 0.3) is 44.3 Å². The minimum absolute atomic E-state index is 0.0967. The zero-order valence-corrected chi connectivity index (χ0v) is 17.6. The Labute approximate surface area is 181 Å². The fourth-order valence-corrected chi connectivity index (χ4v) is 6.30. The van der Waals surface area contributed by atoms with Gasteiger partial charge >= 0.3 is 0 Å². The highest BCUT2D eigenvalue weighted by molar-refractivity contribution is 6.12. The standard InChI is InChI=1S/C29H23NO/c1-18-11-12-21-22-14-13-20-19-8-2-3-9-23(19)29(15-5-6-16-29)26(20)28(22)31-27(21)25(18)24-10-4-7-17-30-24/h2-4,7-14,17H,5-6,15-16H2,1H3. The summed E-state index contributed by atoms with van der Waals surface area (Å²) in [6.45, 7) is 2.15. The van der Waals surface area contributed by atoms with Crippen LogP contribution in [0.5, 0.6) is 0 Å². The summed E-state index contributed by atoms with van der Waals surface area (Å²) in [5.41, 5.74) is 11.1. The Balaban J connectivity index is 1.62. The van der Waals surface area contributed by atoms with Gasteiger partial charge in [-0.1, -0.05) is 61.4 Å². The van der Waals surface area contributed by atoms with Crippen molar-refractivity contribution in [2.45, 2.75) is 38.0 Å². The van der Waals surface area contributed by atoms with Crippen LogP contribution < -0.4 is 0 Å². The summed E-state index contributed by atoms with van der Waals surface area (Å²) < 4.78 is 6.84. The molecule has 5 aromatic rings. The average molecular weight is 402 g/mol. The van der Waals surface area contributed by atoms with E-state index in [1.54, 1.807) is 0 Å². The van der Waals surface area contributed by atoms with E-state index in [0.717, 1.165) is 22.4 Å². The maximum absolute atomic E-state index is 6.84. The van der Waals surface area contributed by atoms with E-state index >= 15 is 0 Å². The summed E-state index contributed by atoms with van der Waals surface area (Å²) in [6.07, 6.45) is 6.84. The molecular formula is C29H23NO. The van der Waals surface area contributed by atoms with Gasteiger partial charge in [0.1, 0.15) is 11.2 Å². The summed E-state index contributed by atoms with van der Waals surface area (Å²) in [6, 6.07) is 24.1. The van der Waals surface area contributed by atoms with Crippen LogP contribution in [0.4, 0.5) is 0 Å². The third kappa shape index (κ3) is 2.15. The number of aryl methyl sites for hydroxylation is 1. The number of hydrogen-bond donors (Lipinski definition) is 0. The molecule has 0 atom stereocenters. The van der Waals surface area contributed by atoms with Crippen molar-refractivity contribution >= 4 is 21.9 Å². The molecule has 7 rings (SSSR count). The van der Waals surface area contributed by atoms with Crippen LogP contribution in [0.15, 0.2) is 77.3 Å². The van der Waals surface area contributed by atoms with Gasteiger partial charge in [-0.2, -0.15) is 0 Å². The minimum atomic E-state index is 0.0967. The van der Waals surface area contributed by atoms with E-state index in [4.69, 9.17) is 4.42 Å². The Morgan fingerprint density at radius 3 is 2.39 bits per heavy atom. The fraction of sp³-hybridized carbons (Fsp3) is 0.207. The van der Waals surface area contributed by atoms with E-state index in [1.807, 2.05) is 18.3 Å². The molecular weight excluding hydrogens is 378 g/mol. The summed E-state index contributed by atoms with van der Waals surface area (Å²) in [5.74, 6) is 0. The zero-order chi connectivity index (χ0) is 20.6. The Bertz CT molecular complexity index is 1490. The fourth-order valence-electron chi connectivity index (χ4n) is 6.30. The number of furan rings is 1. The number of hydrogen-bond acceptors (Lipinski definition) is 2. The first kappa shape index (κ1) is 17.3. The second-order valence-electron chi connectivity index (χ2n) is 9.15. The zero-order valence-electron chi connectivity index (χ0n) is 17.6. The van der Waals surface area contributed by atoms with Crippen LogP contribution in [0, 0.1) is 6.92 Å². The Hall–Kier alpha value is -3.39. The molecule has 2 nitrogen and oxygen atoms in total. The van der Waals surface area contributed by atoms with Crippen molar-refractivity contribution in [1.29, 1.82) is 0 Å². The van der Waals surface area contributed by atoms with Crippen LogP contribution in [0.1, 0.15) is 42.4 Å². The molecule has 0 bridgehead atoms. The second-order valence-corrected chi connectivity index (χ2v) is 9.15. The van der Waals surface area contributed by atoms with Crippen molar-refractivity contribution in [3.05, 3.63) is 89.6 Å². The van der Waals surface area contributed by atoms with Crippen LogP contribution in [-0.2, 0) is 5.41 Å². The predicted molar refractivity (Wildman–Crippen MR) is 126 cm³/mol. The SMILES string of the molecule is Cc1ccc2c(oc3c4c(ccc32)-c2ccccc2C42CCCC2)c1-c1ccccn1. The third-order valence-electron chi connectivity index (χ3n) is 7.61. The number of nitrogens with zero attached hydrogens (tertiary/aromatic N) is 1. The number of rotatable bonds is 1. The molecule has 1 saturated carbocycles. The van der Waals surface area contributed by atoms with Gasteiger partial charge in [0.2, 0.25) is 0 Å². The molecule has 2 aromatic heterocycles. The first-order valence-corrected chi connectivity index (χ1v) is 11.3. The van der Waals surface area contributed by atoms with E-state index < -0.39 is 0 Å². The molecule has 0 unspecified atom stereocenters. The van der Waals surface area contributed by atoms with E-state index in [1.165, 1.54) is 64.3 Å². The topological polar surface area (TPSA) is 26.0 Å². The molecule has 0 radical (unpaired) electrons. The van der Waals surface area contributed by atoms with Crippen molar-refractivity contribution in [3.63, 3.8) is 0 Å². The summed E-state index contributed by atoms with van der Waals surface area (Å²) in [7, 11) is 0. The highest BCUT2D eigenvalue weighted by Gasteiger charge is 2.47. The van der Waals surface area contributed by atoms with Gasteiger partial charge in [0.15, 0.2) is 0 Å². The molecule has 1 fully saturated rings. The van der Waals surface area contributed by atoms with Crippen LogP contribution >= 0.6 is 0 Å². The Morgan fingerprint density at radius 2 is 1.55 bits per heavy atom. The first-order valence-electron chi connectivity index (χ1n) is 11.3. The van der Waals surface area contributed by atoms with Crippen molar-refractivity contribution in [3.8, 4) is 22.4 Å². The van der Waals surface area contributed by atoms with Gasteiger partial charge in [0.25, 0.3) is 0 Å². The molecule has 0 N–H and O–H groups in total. The average Bonchev–Trinajstić information content (AvgIpc) is 3.51. The highest BCUT2D eigenvalue weighted by Crippen LogP contribution is 2.59. The number of benzene rings is 3. The molecule has 2 aliphatic rings. The van der Waals surface area contributed by atoms with Gasteiger partial charge in [0, 0.05) is 33.5 Å². The van der Waals surface area contributed by atoms with E-state index in [-0.39, 0.29) is 5.41 Å². The first-order chi connectivity index (χ1) is 15.3. The maximum Gasteiger partial charge on any atom is 0.145 e. The Morgan fingerprint density at radius 1 is 0.774 bits per heavy atom. The summed E-state index contributed by atoms with van der Waals surface area (Å²) in [5, 5.41) is 2.41. The molecule has 0 aliphatic heterocycles. The lowest BCUT2D eigenvalue weighted by Crippen LogP contribution is -2.20. The smallest absolute Gasteiger partial charge is 0.145 e. The second kappa shape index (κ2) is 6.07. The number of fused-ring (bicyclic) bond motifs is 9. The van der Waals surface area contributed by atoms with Gasteiger partial charge in [0.05, 0.1) is 5.69 Å². The van der Waals surface area contributed by atoms with Crippen molar-refractivity contribution in [2.75, 3.05) is 0 Å². The molecule has 150 valence electrons. The monoisotopic (exact) mass is 401 g/mol. The summed E-state index contributed by atoms with van der Waals surface area (Å²) in [4.78, 5) is 4.65. The normalized spacial score (nSPS) is 16.3. The van der Waals surface area contributed by atoms with Crippen LogP contribution in [-0.4, -0.2) is 4.98 Å². The lowest BCUT2D eigenvalue weighted by atomic mass is 9.76. The lowest BCUT2D eigenvalue weighted by Gasteiger charge is -2.26. The molecule has 2 heterocycles. The van der Waals surface area contributed by atoms with Crippen LogP contribution in [0.2, 0.25) is 0 Å². The van der Waals surface area contributed by atoms with Gasteiger partial charge < -0.3 is 4.42 Å². The Kier molecular flexibility index (Phi) is 3.39. The third-order valence-corrected chi connectivity index (χ3v) is 7.61. The minimum Gasteiger partial charge on any atom is -0.455 e. The molecule has 2 aliphatic carbocycles. The molecule has 3 aromatic carbocycles. The van der Waals surface area contributed by atoms with Gasteiger partial charge in [-0.05, 0) is 60.2 Å². The molecule has 31 heavy (non-hydrogen) atoms. The van der Waals surface area contributed by atoms with Gasteiger partial charge in [-0.3, -0.25) is 4.98 Å². The molecule has 2 heteroatoms. The number of pyridine rings is 1. The number of aromatic nitrogens is 1. The predicted octanol–water partition coefficient (Wildman–Crippen LogP) is 7.80. The quantitative estimate of drug-likeness (QED) is 0.286. The molecule has 0 saturated heterocycles. The summed E-state index contributed by atoms with van der Waals surface area (Å²) >= 11 is 0. The van der Waals surface area contributed by atoms with E-state index in [0.29, 0.717) is 0 Å². The van der Waals surface area contributed by atoms with Crippen molar-refractivity contribution < 1.29 is 4.42 Å².